The zero-order chi connectivity index (χ0) is 18.4. The summed E-state index contributed by atoms with van der Waals surface area (Å²) in [4.78, 5) is 26.0. The first-order chi connectivity index (χ1) is 12.6. The van der Waals surface area contributed by atoms with Crippen molar-refractivity contribution < 1.29 is 19.1 Å². The number of nitrogens with zero attached hydrogens (tertiary/aromatic N) is 1. The summed E-state index contributed by atoms with van der Waals surface area (Å²) >= 11 is 0. The van der Waals surface area contributed by atoms with Crippen molar-refractivity contribution in [2.45, 2.75) is 37.8 Å². The van der Waals surface area contributed by atoms with Gasteiger partial charge in [-0.3, -0.25) is 0 Å². The van der Waals surface area contributed by atoms with E-state index < -0.39 is 5.97 Å². The first kappa shape index (κ1) is 18.7. The van der Waals surface area contributed by atoms with Crippen molar-refractivity contribution in [3.8, 4) is 0 Å². The summed E-state index contributed by atoms with van der Waals surface area (Å²) < 4.78 is 10.4. The van der Waals surface area contributed by atoms with Gasteiger partial charge in [-0.25, -0.2) is 9.59 Å². The SMILES string of the molecule is COC(=O)c1ccc(NC(=O)NC2CCN(CC3CCCO3)CC2)cc1. The van der Waals surface area contributed by atoms with Crippen molar-refractivity contribution in [3.05, 3.63) is 29.8 Å². The van der Waals surface area contributed by atoms with Crippen molar-refractivity contribution in [2.75, 3.05) is 38.7 Å². The van der Waals surface area contributed by atoms with Gasteiger partial charge in [0.25, 0.3) is 0 Å². The molecular formula is C19H27N3O4. The van der Waals surface area contributed by atoms with Gasteiger partial charge < -0.3 is 25.0 Å². The Morgan fingerprint density at radius 1 is 1.19 bits per heavy atom. The highest BCUT2D eigenvalue weighted by Gasteiger charge is 2.24. The number of urea groups is 1. The second kappa shape index (κ2) is 9.00. The summed E-state index contributed by atoms with van der Waals surface area (Å²) in [5, 5.41) is 5.84. The molecule has 1 atom stereocenters. The third-order valence-corrected chi connectivity index (χ3v) is 4.97. The molecule has 0 saturated carbocycles. The number of piperidine rings is 1. The standard InChI is InChI=1S/C19H27N3O4/c1-25-18(23)14-4-6-15(7-5-14)20-19(24)21-16-8-10-22(11-9-16)13-17-3-2-12-26-17/h4-7,16-17H,2-3,8-13H2,1H3,(H2,20,21,24). The van der Waals surface area contributed by atoms with Gasteiger partial charge in [0.15, 0.2) is 0 Å². The molecule has 0 radical (unpaired) electrons. The number of rotatable bonds is 5. The van der Waals surface area contributed by atoms with Gasteiger partial charge in [0.1, 0.15) is 0 Å². The van der Waals surface area contributed by atoms with Gasteiger partial charge in [0.2, 0.25) is 0 Å². The van der Waals surface area contributed by atoms with Gasteiger partial charge in [-0.15, -0.1) is 0 Å². The topological polar surface area (TPSA) is 79.9 Å². The molecule has 2 N–H and O–H groups in total. The average molecular weight is 361 g/mol. The summed E-state index contributed by atoms with van der Waals surface area (Å²) in [5.41, 5.74) is 1.10. The van der Waals surface area contributed by atoms with Crippen molar-refractivity contribution >= 4 is 17.7 Å². The fourth-order valence-corrected chi connectivity index (χ4v) is 3.50. The summed E-state index contributed by atoms with van der Waals surface area (Å²) in [6.07, 6.45) is 4.61. The number of anilines is 1. The largest absolute Gasteiger partial charge is 0.465 e. The molecule has 1 aromatic rings. The number of carbonyl (C=O) groups is 2. The fourth-order valence-electron chi connectivity index (χ4n) is 3.50. The van der Waals surface area contributed by atoms with E-state index in [-0.39, 0.29) is 12.1 Å². The number of hydrogen-bond acceptors (Lipinski definition) is 5. The summed E-state index contributed by atoms with van der Waals surface area (Å²) in [7, 11) is 1.34. The third-order valence-electron chi connectivity index (χ3n) is 4.97. The van der Waals surface area contributed by atoms with Gasteiger partial charge in [-0.05, 0) is 49.9 Å². The lowest BCUT2D eigenvalue weighted by Gasteiger charge is -2.33. The van der Waals surface area contributed by atoms with Crippen molar-refractivity contribution in [3.63, 3.8) is 0 Å². The number of ether oxygens (including phenoxy) is 2. The molecule has 7 nitrogen and oxygen atoms in total. The lowest BCUT2D eigenvalue weighted by atomic mass is 10.0. The smallest absolute Gasteiger partial charge is 0.337 e. The van der Waals surface area contributed by atoms with Crippen molar-refractivity contribution in [1.82, 2.24) is 10.2 Å². The summed E-state index contributed by atoms with van der Waals surface area (Å²) in [5.74, 6) is -0.393. The number of benzene rings is 1. The van der Waals surface area contributed by atoms with E-state index >= 15 is 0 Å². The monoisotopic (exact) mass is 361 g/mol. The summed E-state index contributed by atoms with van der Waals surface area (Å²) in [6.45, 7) is 3.87. The van der Waals surface area contributed by atoms with Gasteiger partial charge in [0.05, 0.1) is 18.8 Å². The van der Waals surface area contributed by atoms with E-state index in [4.69, 9.17) is 4.74 Å². The third kappa shape index (κ3) is 5.19. The van der Waals surface area contributed by atoms with Crippen LogP contribution < -0.4 is 10.6 Å². The van der Waals surface area contributed by atoms with Crippen LogP contribution in [0.3, 0.4) is 0 Å². The van der Waals surface area contributed by atoms with Gasteiger partial charge in [0, 0.05) is 38.0 Å². The number of likely N-dealkylation sites (tertiary alicyclic amines) is 1. The van der Waals surface area contributed by atoms with E-state index in [0.717, 1.165) is 45.5 Å². The molecule has 2 amide bonds. The zero-order valence-electron chi connectivity index (χ0n) is 15.2. The van der Waals surface area contributed by atoms with E-state index in [2.05, 4.69) is 20.3 Å². The highest BCUT2D eigenvalue weighted by molar-refractivity contribution is 5.92. The second-order valence-electron chi connectivity index (χ2n) is 6.88. The van der Waals surface area contributed by atoms with Crippen LogP contribution >= 0.6 is 0 Å². The van der Waals surface area contributed by atoms with E-state index in [9.17, 15) is 9.59 Å². The number of esters is 1. The van der Waals surface area contributed by atoms with E-state index in [1.54, 1.807) is 24.3 Å². The Morgan fingerprint density at radius 2 is 1.92 bits per heavy atom. The molecule has 0 spiro atoms. The van der Waals surface area contributed by atoms with Crippen LogP contribution in [-0.4, -0.2) is 62.4 Å². The Kier molecular flexibility index (Phi) is 6.46. The average Bonchev–Trinajstić information content (AvgIpc) is 3.16. The highest BCUT2D eigenvalue weighted by atomic mass is 16.5. The van der Waals surface area contributed by atoms with Crippen LogP contribution in [-0.2, 0) is 9.47 Å². The van der Waals surface area contributed by atoms with E-state index in [1.807, 2.05) is 0 Å². The maximum absolute atomic E-state index is 12.2. The minimum Gasteiger partial charge on any atom is -0.465 e. The quantitative estimate of drug-likeness (QED) is 0.786. The molecule has 0 aliphatic carbocycles. The minimum atomic E-state index is -0.393. The van der Waals surface area contributed by atoms with Crippen molar-refractivity contribution in [1.29, 1.82) is 0 Å². The Hall–Kier alpha value is -2.12. The minimum absolute atomic E-state index is 0.185. The van der Waals surface area contributed by atoms with Gasteiger partial charge >= 0.3 is 12.0 Å². The molecule has 2 aliphatic rings. The van der Waals surface area contributed by atoms with E-state index in [0.29, 0.717) is 17.4 Å². The summed E-state index contributed by atoms with van der Waals surface area (Å²) in [6, 6.07) is 6.61. The molecule has 142 valence electrons. The Morgan fingerprint density at radius 3 is 2.54 bits per heavy atom. The van der Waals surface area contributed by atoms with E-state index in [1.165, 1.54) is 13.5 Å². The maximum atomic E-state index is 12.2. The van der Waals surface area contributed by atoms with Crippen molar-refractivity contribution in [2.24, 2.45) is 0 Å². The molecule has 1 unspecified atom stereocenters. The van der Waals surface area contributed by atoms with Crippen LogP contribution in [0.2, 0.25) is 0 Å². The first-order valence-electron chi connectivity index (χ1n) is 9.24. The molecule has 26 heavy (non-hydrogen) atoms. The second-order valence-corrected chi connectivity index (χ2v) is 6.88. The van der Waals surface area contributed by atoms with Crippen LogP contribution in [0, 0.1) is 0 Å². The Labute approximate surface area is 154 Å². The number of nitrogens with one attached hydrogen (secondary N) is 2. The predicted octanol–water partition coefficient (Wildman–Crippen LogP) is 2.24. The molecular weight excluding hydrogens is 334 g/mol. The molecule has 2 aliphatic heterocycles. The lowest BCUT2D eigenvalue weighted by molar-refractivity contribution is 0.0600. The number of carbonyl (C=O) groups excluding carboxylic acids is 2. The molecule has 2 saturated heterocycles. The highest BCUT2D eigenvalue weighted by Crippen LogP contribution is 2.17. The van der Waals surface area contributed by atoms with Crippen LogP contribution in [0.25, 0.3) is 0 Å². The van der Waals surface area contributed by atoms with Gasteiger partial charge in [-0.1, -0.05) is 0 Å². The molecule has 3 rings (SSSR count). The molecule has 1 aromatic carbocycles. The first-order valence-corrected chi connectivity index (χ1v) is 9.24. The molecule has 7 heteroatoms. The normalized spacial score (nSPS) is 21.3. The number of hydrogen-bond donors (Lipinski definition) is 2. The number of amides is 2. The Bertz CT molecular complexity index is 606. The number of methoxy groups -OCH3 is 1. The molecule has 2 fully saturated rings. The fraction of sp³-hybridized carbons (Fsp3) is 0.579. The Balaban J connectivity index is 1.39. The van der Waals surface area contributed by atoms with Crippen LogP contribution in [0.1, 0.15) is 36.0 Å². The maximum Gasteiger partial charge on any atom is 0.337 e. The van der Waals surface area contributed by atoms with Gasteiger partial charge in [-0.2, -0.15) is 0 Å². The predicted molar refractivity (Wildman–Crippen MR) is 98.4 cm³/mol. The molecule has 2 heterocycles. The van der Waals surface area contributed by atoms with Crippen LogP contribution in [0.4, 0.5) is 10.5 Å². The molecule has 0 bridgehead atoms. The zero-order valence-corrected chi connectivity index (χ0v) is 15.2. The lowest BCUT2D eigenvalue weighted by Crippen LogP contribution is -2.47. The van der Waals surface area contributed by atoms with Crippen LogP contribution in [0.5, 0.6) is 0 Å². The molecule has 0 aromatic heterocycles. The van der Waals surface area contributed by atoms with Crippen LogP contribution in [0.15, 0.2) is 24.3 Å².